The first kappa shape index (κ1) is 15.3. The Morgan fingerprint density at radius 1 is 1.35 bits per heavy atom. The number of hydrogen-bond donors (Lipinski definition) is 0. The summed E-state index contributed by atoms with van der Waals surface area (Å²) in [6.45, 7) is 10.2. The van der Waals surface area contributed by atoms with Crippen molar-refractivity contribution in [1.82, 2.24) is 19.4 Å². The zero-order chi connectivity index (χ0) is 14.9. The third-order valence-corrected chi connectivity index (χ3v) is 3.97. The fraction of sp³-hybridized carbons (Fsp3) is 0.600. The van der Waals surface area contributed by atoms with Crippen LogP contribution in [0.1, 0.15) is 37.5 Å². The minimum atomic E-state index is -0.118. The lowest BCUT2D eigenvalue weighted by Gasteiger charge is -2.22. The molecule has 0 spiro atoms. The lowest BCUT2D eigenvalue weighted by Crippen LogP contribution is -2.30. The molecule has 0 aliphatic carbocycles. The zero-order valence-electron chi connectivity index (χ0n) is 12.9. The van der Waals surface area contributed by atoms with E-state index < -0.39 is 0 Å². The number of aromatic nitrogens is 3. The molecule has 0 aromatic carbocycles. The number of rotatable bonds is 5. The van der Waals surface area contributed by atoms with Crippen molar-refractivity contribution in [2.45, 2.75) is 45.7 Å². The number of halogens is 1. The number of hydrogen-bond acceptors (Lipinski definition) is 3. The molecule has 2 rings (SSSR count). The summed E-state index contributed by atoms with van der Waals surface area (Å²) in [5, 5.41) is -0.118. The van der Waals surface area contributed by atoms with E-state index in [4.69, 9.17) is 11.6 Å². The standard InChI is InChI=1S/C15H23ClN4/c1-10(2)19(5)8-9-20-14(12(4)16)18-13-11(3)6-7-17-15(13)20/h6-7,10,12H,8-9H2,1-5H3. The molecular weight excluding hydrogens is 272 g/mol. The van der Waals surface area contributed by atoms with Crippen molar-refractivity contribution in [3.05, 3.63) is 23.7 Å². The molecule has 5 heteroatoms. The van der Waals surface area contributed by atoms with Gasteiger partial charge >= 0.3 is 0 Å². The second kappa shape index (κ2) is 6.10. The lowest BCUT2D eigenvalue weighted by atomic mass is 10.3. The van der Waals surface area contributed by atoms with Crippen LogP contribution in [0.15, 0.2) is 12.3 Å². The predicted octanol–water partition coefficient (Wildman–Crippen LogP) is 3.38. The monoisotopic (exact) mass is 294 g/mol. The van der Waals surface area contributed by atoms with Crippen LogP contribution in [0.3, 0.4) is 0 Å². The highest BCUT2D eigenvalue weighted by Crippen LogP contribution is 2.25. The Bertz CT molecular complexity index is 589. The van der Waals surface area contributed by atoms with E-state index in [0.717, 1.165) is 35.6 Å². The van der Waals surface area contributed by atoms with Crippen molar-refractivity contribution in [2.24, 2.45) is 0 Å². The van der Waals surface area contributed by atoms with Crippen LogP contribution >= 0.6 is 11.6 Å². The number of alkyl halides is 1. The van der Waals surface area contributed by atoms with E-state index >= 15 is 0 Å². The van der Waals surface area contributed by atoms with Gasteiger partial charge in [-0.2, -0.15) is 0 Å². The van der Waals surface area contributed by atoms with E-state index in [9.17, 15) is 0 Å². The van der Waals surface area contributed by atoms with E-state index in [-0.39, 0.29) is 5.38 Å². The summed E-state index contributed by atoms with van der Waals surface area (Å²) in [7, 11) is 2.13. The van der Waals surface area contributed by atoms with Crippen molar-refractivity contribution in [3.8, 4) is 0 Å². The average Bonchev–Trinajstić information content (AvgIpc) is 2.76. The first-order chi connectivity index (χ1) is 9.41. The van der Waals surface area contributed by atoms with Crippen LogP contribution in [0.2, 0.25) is 0 Å². The molecule has 1 unspecified atom stereocenters. The largest absolute Gasteiger partial charge is 0.310 e. The van der Waals surface area contributed by atoms with Gasteiger partial charge in [-0.25, -0.2) is 9.97 Å². The van der Waals surface area contributed by atoms with Gasteiger partial charge < -0.3 is 9.47 Å². The molecular formula is C15H23ClN4. The van der Waals surface area contributed by atoms with Gasteiger partial charge in [0.2, 0.25) is 0 Å². The summed E-state index contributed by atoms with van der Waals surface area (Å²) in [5.74, 6) is 0.903. The van der Waals surface area contributed by atoms with Gasteiger partial charge in [-0.05, 0) is 46.4 Å². The predicted molar refractivity (Wildman–Crippen MR) is 84.3 cm³/mol. The third-order valence-electron chi connectivity index (χ3n) is 3.78. The molecule has 0 aliphatic heterocycles. The Morgan fingerprint density at radius 3 is 2.65 bits per heavy atom. The SMILES string of the molecule is Cc1ccnc2c1nc(C(C)Cl)n2CCN(C)C(C)C. The van der Waals surface area contributed by atoms with Crippen molar-refractivity contribution >= 4 is 22.8 Å². The third kappa shape index (κ3) is 2.96. The molecule has 0 fully saturated rings. The maximum Gasteiger partial charge on any atom is 0.160 e. The zero-order valence-corrected chi connectivity index (χ0v) is 13.6. The summed E-state index contributed by atoms with van der Waals surface area (Å²) in [6, 6.07) is 2.51. The van der Waals surface area contributed by atoms with Gasteiger partial charge in [0.15, 0.2) is 5.65 Å². The van der Waals surface area contributed by atoms with Crippen LogP contribution in [0.5, 0.6) is 0 Å². The van der Waals surface area contributed by atoms with E-state index in [2.05, 4.69) is 47.3 Å². The van der Waals surface area contributed by atoms with Crippen LogP contribution in [-0.4, -0.2) is 39.1 Å². The average molecular weight is 295 g/mol. The Morgan fingerprint density at radius 2 is 2.05 bits per heavy atom. The Kier molecular flexibility index (Phi) is 4.66. The van der Waals surface area contributed by atoms with Crippen LogP contribution in [0.4, 0.5) is 0 Å². The van der Waals surface area contributed by atoms with E-state index in [0.29, 0.717) is 6.04 Å². The molecule has 0 saturated heterocycles. The number of pyridine rings is 1. The van der Waals surface area contributed by atoms with Crippen LogP contribution in [-0.2, 0) is 6.54 Å². The second-order valence-corrected chi connectivity index (χ2v) is 6.27. The van der Waals surface area contributed by atoms with Crippen LogP contribution < -0.4 is 0 Å². The topological polar surface area (TPSA) is 34.0 Å². The molecule has 4 nitrogen and oxygen atoms in total. The van der Waals surface area contributed by atoms with E-state index in [1.54, 1.807) is 0 Å². The van der Waals surface area contributed by atoms with E-state index in [1.807, 2.05) is 19.2 Å². The van der Waals surface area contributed by atoms with Crippen molar-refractivity contribution < 1.29 is 0 Å². The fourth-order valence-corrected chi connectivity index (χ4v) is 2.36. The smallest absolute Gasteiger partial charge is 0.160 e. The van der Waals surface area contributed by atoms with E-state index in [1.165, 1.54) is 0 Å². The molecule has 0 amide bonds. The minimum absolute atomic E-state index is 0.118. The molecule has 0 N–H and O–H groups in total. The van der Waals surface area contributed by atoms with Gasteiger partial charge in [0.05, 0.1) is 5.38 Å². The fourth-order valence-electron chi connectivity index (χ4n) is 2.20. The van der Waals surface area contributed by atoms with Gasteiger partial charge in [0.25, 0.3) is 0 Å². The van der Waals surface area contributed by atoms with Gasteiger partial charge in [-0.15, -0.1) is 11.6 Å². The first-order valence-electron chi connectivity index (χ1n) is 7.08. The van der Waals surface area contributed by atoms with Crippen LogP contribution in [0, 0.1) is 6.92 Å². The molecule has 0 saturated carbocycles. The minimum Gasteiger partial charge on any atom is -0.310 e. The highest BCUT2D eigenvalue weighted by atomic mass is 35.5. The maximum absolute atomic E-state index is 6.29. The molecule has 0 bridgehead atoms. The highest BCUT2D eigenvalue weighted by molar-refractivity contribution is 6.20. The molecule has 0 aliphatic rings. The number of nitrogens with zero attached hydrogens (tertiary/aromatic N) is 4. The quantitative estimate of drug-likeness (QED) is 0.793. The molecule has 2 aromatic heterocycles. The summed E-state index contributed by atoms with van der Waals surface area (Å²) in [5.41, 5.74) is 3.04. The molecule has 0 radical (unpaired) electrons. The summed E-state index contributed by atoms with van der Waals surface area (Å²) in [4.78, 5) is 11.5. The molecule has 2 aromatic rings. The number of likely N-dealkylation sites (N-methyl/N-ethyl adjacent to an activating group) is 1. The van der Waals surface area contributed by atoms with Crippen molar-refractivity contribution in [2.75, 3.05) is 13.6 Å². The molecule has 1 atom stereocenters. The second-order valence-electron chi connectivity index (χ2n) is 5.61. The normalized spacial score (nSPS) is 13.6. The molecule has 2 heterocycles. The molecule has 110 valence electrons. The van der Waals surface area contributed by atoms with Gasteiger partial charge in [0.1, 0.15) is 11.3 Å². The van der Waals surface area contributed by atoms with Gasteiger partial charge in [0, 0.05) is 25.3 Å². The number of aryl methyl sites for hydroxylation is 1. The van der Waals surface area contributed by atoms with Crippen LogP contribution in [0.25, 0.3) is 11.2 Å². The summed E-state index contributed by atoms with van der Waals surface area (Å²) >= 11 is 6.29. The van der Waals surface area contributed by atoms with Crippen molar-refractivity contribution in [3.63, 3.8) is 0 Å². The van der Waals surface area contributed by atoms with Crippen molar-refractivity contribution in [1.29, 1.82) is 0 Å². The summed E-state index contributed by atoms with van der Waals surface area (Å²) in [6.07, 6.45) is 1.84. The maximum atomic E-state index is 6.29. The Balaban J connectivity index is 2.39. The number of fused-ring (bicyclic) bond motifs is 1. The first-order valence-corrected chi connectivity index (χ1v) is 7.51. The number of imidazole rings is 1. The summed E-state index contributed by atoms with van der Waals surface area (Å²) < 4.78 is 2.15. The van der Waals surface area contributed by atoms with Gasteiger partial charge in [-0.3, -0.25) is 0 Å². The molecule has 20 heavy (non-hydrogen) atoms. The highest BCUT2D eigenvalue weighted by Gasteiger charge is 2.17. The van der Waals surface area contributed by atoms with Gasteiger partial charge in [-0.1, -0.05) is 0 Å². The lowest BCUT2D eigenvalue weighted by molar-refractivity contribution is 0.263. The Hall–Kier alpha value is -1.13. The Labute approximate surface area is 125 Å².